The molecule has 160 valence electrons. The number of aromatic nitrogens is 5. The van der Waals surface area contributed by atoms with Crippen molar-refractivity contribution < 1.29 is 87.5 Å². The first-order chi connectivity index (χ1) is 14.8. The average Bonchev–Trinajstić information content (AvgIpc) is 3.41. The second-order valence-corrected chi connectivity index (χ2v) is 8.34. The fourth-order valence-electron chi connectivity index (χ4n) is 3.85. The zero-order valence-corrected chi connectivity index (χ0v) is 23.0. The molecule has 1 saturated heterocycles. The first-order valence-corrected chi connectivity index (χ1v) is 10.7. The van der Waals surface area contributed by atoms with Gasteiger partial charge in [0.25, 0.3) is 0 Å². The minimum atomic E-state index is -5.15. The molecule has 12 nitrogen and oxygen atoms in total. The van der Waals surface area contributed by atoms with E-state index in [9.17, 15) is 19.1 Å². The Morgan fingerprint density at radius 1 is 1.21 bits per heavy atom. The van der Waals surface area contributed by atoms with Crippen LogP contribution >= 0.6 is 7.82 Å². The molecule has 0 N–H and O–H groups in total. The van der Waals surface area contributed by atoms with Crippen LogP contribution in [0.5, 0.6) is 0 Å². The molecule has 0 saturated carbocycles. The van der Waals surface area contributed by atoms with Crippen LogP contribution in [0.2, 0.25) is 0 Å². The third-order valence-electron chi connectivity index (χ3n) is 5.21. The summed E-state index contributed by atoms with van der Waals surface area (Å²) in [5.41, 5.74) is 3.94. The van der Waals surface area contributed by atoms with Gasteiger partial charge in [0.05, 0.1) is 33.2 Å². The van der Waals surface area contributed by atoms with E-state index in [-0.39, 0.29) is 59.1 Å². The van der Waals surface area contributed by atoms with E-state index in [1.54, 1.807) is 25.4 Å². The Labute approximate surface area is 232 Å². The molecule has 5 rings (SSSR count). The van der Waals surface area contributed by atoms with Gasteiger partial charge < -0.3 is 23.6 Å². The van der Waals surface area contributed by atoms with Crippen LogP contribution in [0.3, 0.4) is 0 Å². The third kappa shape index (κ3) is 5.40. The largest absolute Gasteiger partial charge is 1.00 e. The van der Waals surface area contributed by atoms with Crippen molar-refractivity contribution in [2.75, 3.05) is 11.5 Å². The SMILES string of the molecule is Cn1nnc(-c2ccc(-c3ccc4c(c3)C[C@H]3[C@H](COP(=O)([O-])[O-])OC(=O)N43)cn2)n1.[Na+].[Na+]. The van der Waals surface area contributed by atoms with Crippen LogP contribution in [0.4, 0.5) is 10.5 Å². The molecule has 0 radical (unpaired) electrons. The van der Waals surface area contributed by atoms with E-state index >= 15 is 0 Å². The molecule has 2 aliphatic rings. The number of carbonyl (C=O) groups excluding carboxylic acids is 1. The summed E-state index contributed by atoms with van der Waals surface area (Å²) in [6.07, 6.45) is 0.702. The zero-order chi connectivity index (χ0) is 21.8. The van der Waals surface area contributed by atoms with Gasteiger partial charge in [0.15, 0.2) is 0 Å². The van der Waals surface area contributed by atoms with Crippen molar-refractivity contribution >= 4 is 19.6 Å². The van der Waals surface area contributed by atoms with E-state index in [1.807, 2.05) is 18.2 Å². The van der Waals surface area contributed by atoms with Crippen LogP contribution in [0, 0.1) is 0 Å². The summed E-state index contributed by atoms with van der Waals surface area (Å²) >= 11 is 0. The van der Waals surface area contributed by atoms with Crippen LogP contribution in [-0.4, -0.2) is 50.0 Å². The number of tetrazole rings is 1. The number of cyclic esters (lactones) is 1. The van der Waals surface area contributed by atoms with Crippen LogP contribution in [0.1, 0.15) is 5.56 Å². The van der Waals surface area contributed by atoms with Crippen molar-refractivity contribution in [1.29, 1.82) is 0 Å². The Kier molecular flexibility index (Phi) is 8.17. The van der Waals surface area contributed by atoms with E-state index < -0.39 is 32.7 Å². The number of hydrogen-bond acceptors (Lipinski definition) is 10. The van der Waals surface area contributed by atoms with E-state index in [2.05, 4.69) is 24.9 Å². The Bertz CT molecular complexity index is 1220. The number of nitrogens with zero attached hydrogens (tertiary/aromatic N) is 6. The molecule has 2 aromatic heterocycles. The minimum absolute atomic E-state index is 0. The van der Waals surface area contributed by atoms with Crippen molar-refractivity contribution in [3.63, 3.8) is 0 Å². The number of rotatable bonds is 5. The number of phosphoric acid groups is 1. The van der Waals surface area contributed by atoms with Gasteiger partial charge >= 0.3 is 65.2 Å². The molecule has 15 heteroatoms. The molecule has 4 heterocycles. The quantitative estimate of drug-likeness (QED) is 0.250. The molecular weight excluding hydrogens is 473 g/mol. The normalized spacial score (nSPS) is 18.8. The van der Waals surface area contributed by atoms with Crippen molar-refractivity contribution in [2.24, 2.45) is 7.05 Å². The maximum Gasteiger partial charge on any atom is 1.00 e. The second-order valence-electron chi connectivity index (χ2n) is 7.18. The summed E-state index contributed by atoms with van der Waals surface area (Å²) < 4.78 is 20.3. The Morgan fingerprint density at radius 3 is 2.61 bits per heavy atom. The van der Waals surface area contributed by atoms with Gasteiger partial charge in [-0.15, -0.1) is 10.2 Å². The van der Waals surface area contributed by atoms with Crippen LogP contribution in [0.25, 0.3) is 22.6 Å². The van der Waals surface area contributed by atoms with E-state index in [0.717, 1.165) is 16.7 Å². The molecule has 1 amide bonds. The van der Waals surface area contributed by atoms with Crippen molar-refractivity contribution in [1.82, 2.24) is 25.2 Å². The van der Waals surface area contributed by atoms with Gasteiger partial charge in [0.1, 0.15) is 11.8 Å². The Morgan fingerprint density at radius 2 is 1.97 bits per heavy atom. The number of phosphoric ester groups is 1. The van der Waals surface area contributed by atoms with Crippen LogP contribution in [0.15, 0.2) is 36.5 Å². The maximum atomic E-state index is 12.3. The van der Waals surface area contributed by atoms with Gasteiger partial charge in [-0.25, -0.2) is 4.79 Å². The van der Waals surface area contributed by atoms with Crippen LogP contribution < -0.4 is 73.8 Å². The van der Waals surface area contributed by atoms with Crippen molar-refractivity contribution in [3.05, 3.63) is 42.1 Å². The summed E-state index contributed by atoms with van der Waals surface area (Å²) in [6, 6.07) is 8.86. The smallest absolute Gasteiger partial charge is 0.790 e. The van der Waals surface area contributed by atoms with Gasteiger partial charge in [-0.1, -0.05) is 12.1 Å². The number of ether oxygens (including phenoxy) is 1. The fraction of sp³-hybridized carbons (Fsp3) is 0.278. The zero-order valence-electron chi connectivity index (χ0n) is 18.1. The molecule has 0 unspecified atom stereocenters. The number of aryl methyl sites for hydroxylation is 1. The van der Waals surface area contributed by atoms with Crippen molar-refractivity contribution in [3.8, 4) is 22.6 Å². The second kappa shape index (κ2) is 10.2. The number of hydrogen-bond donors (Lipinski definition) is 0. The molecule has 2 atom stereocenters. The van der Waals surface area contributed by atoms with Gasteiger partial charge in [-0.05, 0) is 41.0 Å². The molecule has 1 aromatic carbocycles. The number of fused-ring (bicyclic) bond motifs is 3. The maximum absolute atomic E-state index is 12.3. The predicted octanol–water partition coefficient (Wildman–Crippen LogP) is -5.96. The molecule has 3 aromatic rings. The van der Waals surface area contributed by atoms with E-state index in [1.165, 1.54) is 9.70 Å². The molecule has 0 bridgehead atoms. The summed E-state index contributed by atoms with van der Waals surface area (Å²) in [5.74, 6) is 0.427. The first-order valence-electron chi connectivity index (χ1n) is 9.29. The van der Waals surface area contributed by atoms with Gasteiger partial charge in [-0.3, -0.25) is 9.88 Å². The van der Waals surface area contributed by atoms with Crippen LogP contribution in [-0.2, 0) is 27.3 Å². The number of amides is 1. The minimum Gasteiger partial charge on any atom is -0.790 e. The number of benzene rings is 1. The Balaban J connectivity index is 0.00000153. The number of pyridine rings is 1. The molecule has 1 fully saturated rings. The van der Waals surface area contributed by atoms with Crippen molar-refractivity contribution in [2.45, 2.75) is 18.6 Å². The monoisotopic (exact) mass is 488 g/mol. The van der Waals surface area contributed by atoms with Gasteiger partial charge in [-0.2, -0.15) is 4.80 Å². The molecule has 0 spiro atoms. The summed E-state index contributed by atoms with van der Waals surface area (Å²) in [6.45, 7) is -0.500. The summed E-state index contributed by atoms with van der Waals surface area (Å²) in [5, 5.41) is 11.9. The molecular formula is C18H15N6Na2O6P. The number of anilines is 1. The summed E-state index contributed by atoms with van der Waals surface area (Å²) in [4.78, 5) is 41.0. The topological polar surface area (TPSA) is 158 Å². The predicted molar refractivity (Wildman–Crippen MR) is 101 cm³/mol. The van der Waals surface area contributed by atoms with Gasteiger partial charge in [0.2, 0.25) is 5.82 Å². The fourth-order valence-corrected chi connectivity index (χ4v) is 4.18. The summed E-state index contributed by atoms with van der Waals surface area (Å²) in [7, 11) is -3.48. The first kappa shape index (κ1) is 26.4. The standard InChI is InChI=1S/C18H17N6O6P.2Na/c1-23-21-17(20-22-23)13-4-2-11(8-19-13)10-3-5-14-12(6-10)7-15-16(9-29-31(26,27)28)30-18(25)24(14)15;;/h2-6,8,15-16H,7,9H2,1H3,(H2,26,27,28);;/q;2*+1/p-2/t15-,16-;;/m0../s1. The molecule has 33 heavy (non-hydrogen) atoms. The number of carbonyl (C=O) groups is 1. The van der Waals surface area contributed by atoms with E-state index in [4.69, 9.17) is 4.74 Å². The van der Waals surface area contributed by atoms with E-state index in [0.29, 0.717) is 23.6 Å². The van der Waals surface area contributed by atoms with Gasteiger partial charge in [0, 0.05) is 11.8 Å². The molecule has 0 aliphatic carbocycles. The molecule has 2 aliphatic heterocycles. The third-order valence-corrected chi connectivity index (χ3v) is 5.67. The Hall–Kier alpha value is -1.18. The average molecular weight is 488 g/mol.